The van der Waals surface area contributed by atoms with E-state index in [0.29, 0.717) is 12.0 Å². The Balaban J connectivity index is 2.01. The van der Waals surface area contributed by atoms with Crippen molar-refractivity contribution < 1.29 is 9.90 Å². The number of nitrogens with zero attached hydrogens (tertiary/aromatic N) is 3. The molecule has 0 aromatic carbocycles. The van der Waals surface area contributed by atoms with Gasteiger partial charge >= 0.3 is 5.97 Å². The zero-order valence-electron chi connectivity index (χ0n) is 11.5. The number of likely N-dealkylation sites (tertiary alicyclic amines) is 1. The van der Waals surface area contributed by atoms with Crippen LogP contribution in [0.25, 0.3) is 0 Å². The molecule has 2 heterocycles. The molecular weight excluding hydrogens is 230 g/mol. The summed E-state index contributed by atoms with van der Waals surface area (Å²) in [6.45, 7) is 8.05. The first-order chi connectivity index (χ1) is 8.40. The Bertz CT molecular complexity index is 461. The first kappa shape index (κ1) is 13.1. The molecule has 0 spiro atoms. The van der Waals surface area contributed by atoms with Gasteiger partial charge in [-0.3, -0.25) is 14.4 Å². The molecule has 18 heavy (non-hydrogen) atoms. The number of carboxylic acids is 1. The molecule has 1 N–H and O–H groups in total. The van der Waals surface area contributed by atoms with Gasteiger partial charge in [0, 0.05) is 37.4 Å². The van der Waals surface area contributed by atoms with E-state index >= 15 is 0 Å². The highest BCUT2D eigenvalue weighted by molar-refractivity contribution is 5.67. The molecule has 100 valence electrons. The fraction of sp³-hybridized carbons (Fsp3) is 0.692. The van der Waals surface area contributed by atoms with Crippen LogP contribution in [0.1, 0.15) is 36.3 Å². The minimum atomic E-state index is -0.693. The van der Waals surface area contributed by atoms with Gasteiger partial charge in [-0.2, -0.15) is 5.10 Å². The molecule has 0 amide bonds. The van der Waals surface area contributed by atoms with Crippen molar-refractivity contribution in [3.05, 3.63) is 17.0 Å². The van der Waals surface area contributed by atoms with Gasteiger partial charge in [0.25, 0.3) is 0 Å². The summed E-state index contributed by atoms with van der Waals surface area (Å²) in [5.41, 5.74) is 3.55. The number of hydrogen-bond acceptors (Lipinski definition) is 3. The molecule has 0 aliphatic carbocycles. The Morgan fingerprint density at radius 2 is 2.11 bits per heavy atom. The van der Waals surface area contributed by atoms with Crippen LogP contribution >= 0.6 is 0 Å². The van der Waals surface area contributed by atoms with Crippen LogP contribution in [-0.4, -0.2) is 38.8 Å². The van der Waals surface area contributed by atoms with Crippen LogP contribution in [0.2, 0.25) is 0 Å². The van der Waals surface area contributed by atoms with E-state index in [-0.39, 0.29) is 6.42 Å². The van der Waals surface area contributed by atoms with Crippen LogP contribution in [0.5, 0.6) is 0 Å². The SMILES string of the molecule is Cc1nn(C)c(C)c1C(C)N1CC(CC(=O)O)C1. The van der Waals surface area contributed by atoms with Crippen molar-refractivity contribution in [1.82, 2.24) is 14.7 Å². The van der Waals surface area contributed by atoms with Crippen LogP contribution in [0, 0.1) is 19.8 Å². The summed E-state index contributed by atoms with van der Waals surface area (Å²) in [5.74, 6) is -0.386. The number of aromatic nitrogens is 2. The maximum absolute atomic E-state index is 10.6. The second kappa shape index (κ2) is 4.72. The number of carbonyl (C=O) groups is 1. The molecule has 0 radical (unpaired) electrons. The topological polar surface area (TPSA) is 58.4 Å². The molecule has 5 nitrogen and oxygen atoms in total. The van der Waals surface area contributed by atoms with Gasteiger partial charge in [0.2, 0.25) is 0 Å². The third kappa shape index (κ3) is 2.27. The van der Waals surface area contributed by atoms with Crippen LogP contribution in [0.4, 0.5) is 0 Å². The minimum Gasteiger partial charge on any atom is -0.481 e. The molecular formula is C13H21N3O2. The summed E-state index contributed by atoms with van der Waals surface area (Å²) in [4.78, 5) is 13.0. The third-order valence-electron chi connectivity index (χ3n) is 3.98. The number of rotatable bonds is 4. The predicted octanol–water partition coefficient (Wildman–Crippen LogP) is 1.50. The molecule has 0 bridgehead atoms. The highest BCUT2D eigenvalue weighted by Gasteiger charge is 2.33. The van der Waals surface area contributed by atoms with Crippen molar-refractivity contribution >= 4 is 5.97 Å². The lowest BCUT2D eigenvalue weighted by Crippen LogP contribution is -2.48. The van der Waals surface area contributed by atoms with Gasteiger partial charge in [0.15, 0.2) is 0 Å². The van der Waals surface area contributed by atoms with E-state index in [1.807, 2.05) is 18.7 Å². The van der Waals surface area contributed by atoms with Crippen LogP contribution in [0.3, 0.4) is 0 Å². The smallest absolute Gasteiger partial charge is 0.303 e. The van der Waals surface area contributed by atoms with Crippen molar-refractivity contribution in [1.29, 1.82) is 0 Å². The van der Waals surface area contributed by atoms with Crippen molar-refractivity contribution in [2.24, 2.45) is 13.0 Å². The average Bonchev–Trinajstić information content (AvgIpc) is 2.45. The van der Waals surface area contributed by atoms with Gasteiger partial charge in [0.05, 0.1) is 12.1 Å². The molecule has 1 saturated heterocycles. The third-order valence-corrected chi connectivity index (χ3v) is 3.98. The Hall–Kier alpha value is -1.36. The summed E-state index contributed by atoms with van der Waals surface area (Å²) in [6, 6.07) is 0.323. The van der Waals surface area contributed by atoms with E-state index in [9.17, 15) is 4.79 Å². The largest absolute Gasteiger partial charge is 0.481 e. The summed E-state index contributed by atoms with van der Waals surface area (Å²) >= 11 is 0. The van der Waals surface area contributed by atoms with E-state index < -0.39 is 5.97 Å². The molecule has 1 aliphatic heterocycles. The average molecular weight is 251 g/mol. The Morgan fingerprint density at radius 3 is 2.56 bits per heavy atom. The van der Waals surface area contributed by atoms with E-state index in [0.717, 1.165) is 18.8 Å². The number of aryl methyl sites for hydroxylation is 2. The highest BCUT2D eigenvalue weighted by Crippen LogP contribution is 2.32. The molecule has 5 heteroatoms. The van der Waals surface area contributed by atoms with Gasteiger partial charge < -0.3 is 5.11 Å². The highest BCUT2D eigenvalue weighted by atomic mass is 16.4. The zero-order valence-corrected chi connectivity index (χ0v) is 11.5. The number of aliphatic carboxylic acids is 1. The molecule has 1 unspecified atom stereocenters. The lowest BCUT2D eigenvalue weighted by atomic mass is 9.92. The summed E-state index contributed by atoms with van der Waals surface area (Å²) in [7, 11) is 1.96. The van der Waals surface area contributed by atoms with Crippen LogP contribution in [0.15, 0.2) is 0 Å². The molecule has 1 aromatic rings. The Morgan fingerprint density at radius 1 is 1.50 bits per heavy atom. The molecule has 1 atom stereocenters. The lowest BCUT2D eigenvalue weighted by Gasteiger charge is -2.43. The second-order valence-corrected chi connectivity index (χ2v) is 5.30. The maximum atomic E-state index is 10.6. The maximum Gasteiger partial charge on any atom is 0.303 e. The lowest BCUT2D eigenvalue weighted by molar-refractivity contribution is -0.139. The summed E-state index contributed by atoms with van der Waals surface area (Å²) < 4.78 is 1.91. The van der Waals surface area contributed by atoms with E-state index in [1.54, 1.807) is 0 Å². The number of hydrogen-bond donors (Lipinski definition) is 1. The van der Waals surface area contributed by atoms with Gasteiger partial charge in [-0.05, 0) is 26.7 Å². The van der Waals surface area contributed by atoms with Gasteiger partial charge in [0.1, 0.15) is 0 Å². The fourth-order valence-electron chi connectivity index (χ4n) is 2.88. The first-order valence-corrected chi connectivity index (χ1v) is 6.36. The predicted molar refractivity (Wildman–Crippen MR) is 68.4 cm³/mol. The zero-order chi connectivity index (χ0) is 13.4. The fourth-order valence-corrected chi connectivity index (χ4v) is 2.88. The summed E-state index contributed by atoms with van der Waals surface area (Å²) in [5, 5.41) is 13.2. The van der Waals surface area contributed by atoms with E-state index in [4.69, 9.17) is 5.11 Å². The molecule has 1 aliphatic rings. The molecule has 2 rings (SSSR count). The Kier molecular flexibility index (Phi) is 3.43. The van der Waals surface area contributed by atoms with Crippen molar-refractivity contribution in [2.45, 2.75) is 33.2 Å². The molecule has 0 saturated carbocycles. The van der Waals surface area contributed by atoms with Gasteiger partial charge in [-0.25, -0.2) is 0 Å². The second-order valence-electron chi connectivity index (χ2n) is 5.30. The van der Waals surface area contributed by atoms with Crippen molar-refractivity contribution in [3.8, 4) is 0 Å². The van der Waals surface area contributed by atoms with Crippen molar-refractivity contribution in [3.63, 3.8) is 0 Å². The van der Waals surface area contributed by atoms with Crippen molar-refractivity contribution in [2.75, 3.05) is 13.1 Å². The van der Waals surface area contributed by atoms with Gasteiger partial charge in [-0.1, -0.05) is 0 Å². The minimum absolute atomic E-state index is 0.286. The van der Waals surface area contributed by atoms with Crippen LogP contribution < -0.4 is 0 Å². The Labute approximate surface area is 107 Å². The molecule has 1 aromatic heterocycles. The monoisotopic (exact) mass is 251 g/mol. The number of carboxylic acid groups (broad SMARTS) is 1. The normalized spacial score (nSPS) is 18.7. The quantitative estimate of drug-likeness (QED) is 0.881. The van der Waals surface area contributed by atoms with E-state index in [2.05, 4.69) is 23.8 Å². The van der Waals surface area contributed by atoms with E-state index in [1.165, 1.54) is 11.3 Å². The van der Waals surface area contributed by atoms with Gasteiger partial charge in [-0.15, -0.1) is 0 Å². The van der Waals surface area contributed by atoms with Crippen LogP contribution in [-0.2, 0) is 11.8 Å². The molecule has 1 fully saturated rings. The summed E-state index contributed by atoms with van der Waals surface area (Å²) in [6.07, 6.45) is 0.286. The first-order valence-electron chi connectivity index (χ1n) is 6.36. The standard InChI is InChI=1S/C13H21N3O2/c1-8-13(9(2)15(4)14-8)10(3)16-6-11(7-16)5-12(17)18/h10-11H,5-7H2,1-4H3,(H,17,18).